The molecule has 0 unspecified atom stereocenters. The lowest BCUT2D eigenvalue weighted by molar-refractivity contribution is 0.100. The van der Waals surface area contributed by atoms with Crippen LogP contribution in [-0.4, -0.2) is 21.8 Å². The third kappa shape index (κ3) is 2.39. The summed E-state index contributed by atoms with van der Waals surface area (Å²) in [5, 5.41) is 8.06. The molecule has 0 bridgehead atoms. The number of anilines is 1. The van der Waals surface area contributed by atoms with Crippen molar-refractivity contribution in [2.24, 2.45) is 0 Å². The van der Waals surface area contributed by atoms with E-state index in [1.165, 1.54) is 24.5 Å². The van der Waals surface area contributed by atoms with Gasteiger partial charge in [-0.3, -0.25) is 14.9 Å². The molecular weight excluding hydrogens is 242 g/mol. The lowest BCUT2D eigenvalue weighted by atomic mass is 10.2. The molecule has 0 atom stereocenters. The number of amides is 1. The Morgan fingerprint density at radius 1 is 1.47 bits per heavy atom. The summed E-state index contributed by atoms with van der Waals surface area (Å²) in [4.78, 5) is 26.8. The summed E-state index contributed by atoms with van der Waals surface area (Å²) in [6, 6.07) is 0. The van der Waals surface area contributed by atoms with Crippen molar-refractivity contribution in [1.82, 2.24) is 10.1 Å². The molecule has 0 fully saturated rings. The molecule has 2 aromatic rings. The van der Waals surface area contributed by atoms with Crippen LogP contribution in [0.25, 0.3) is 0 Å². The van der Waals surface area contributed by atoms with Crippen molar-refractivity contribution in [2.45, 2.75) is 13.8 Å². The fourth-order valence-corrected chi connectivity index (χ4v) is 1.92. The lowest BCUT2D eigenvalue weighted by Crippen LogP contribution is -2.12. The Labute approximate surface area is 101 Å². The second kappa shape index (κ2) is 4.46. The van der Waals surface area contributed by atoms with E-state index in [2.05, 4.69) is 15.5 Å². The van der Waals surface area contributed by atoms with Crippen LogP contribution in [-0.2, 0) is 0 Å². The van der Waals surface area contributed by atoms with Gasteiger partial charge < -0.3 is 4.52 Å². The van der Waals surface area contributed by atoms with Crippen molar-refractivity contribution in [3.05, 3.63) is 28.6 Å². The minimum absolute atomic E-state index is 0.136. The third-order valence-electron chi connectivity index (χ3n) is 2.08. The van der Waals surface area contributed by atoms with Crippen molar-refractivity contribution < 1.29 is 14.1 Å². The highest BCUT2D eigenvalue weighted by Crippen LogP contribution is 2.17. The first kappa shape index (κ1) is 11.5. The molecule has 0 aliphatic carbocycles. The number of nitrogens with one attached hydrogen (secondary N) is 1. The quantitative estimate of drug-likeness (QED) is 0.842. The maximum Gasteiger partial charge on any atom is 0.262 e. The first-order chi connectivity index (χ1) is 8.08. The van der Waals surface area contributed by atoms with Gasteiger partial charge in [-0.05, 0) is 6.92 Å². The maximum absolute atomic E-state index is 11.7. The van der Waals surface area contributed by atoms with E-state index in [0.717, 1.165) is 0 Å². The van der Waals surface area contributed by atoms with Crippen molar-refractivity contribution in [2.75, 3.05) is 5.32 Å². The second-order valence-electron chi connectivity index (χ2n) is 3.34. The summed E-state index contributed by atoms with van der Waals surface area (Å²) in [7, 11) is 0. The monoisotopic (exact) mass is 251 g/mol. The molecule has 0 saturated heterocycles. The number of Topliss-reactive ketones (excluding diaryl/α,β-unsaturated/α-hetero) is 1. The summed E-state index contributed by atoms with van der Waals surface area (Å²) in [5.74, 6) is -0.0537. The highest BCUT2D eigenvalue weighted by atomic mass is 32.1. The highest BCUT2D eigenvalue weighted by Gasteiger charge is 2.15. The predicted molar refractivity (Wildman–Crippen MR) is 61.3 cm³/mol. The number of thiazole rings is 1. The smallest absolute Gasteiger partial charge is 0.262 e. The minimum atomic E-state index is -0.354. The average Bonchev–Trinajstić information content (AvgIpc) is 2.86. The first-order valence-corrected chi connectivity index (χ1v) is 5.65. The standard InChI is InChI=1S/C10H9N3O3S/c1-5(14)8-4-17-10(12-8)13-9(15)7-3-11-16-6(7)2/h3-4H,1-2H3,(H,12,13,15). The highest BCUT2D eigenvalue weighted by molar-refractivity contribution is 7.14. The molecule has 2 aromatic heterocycles. The fourth-order valence-electron chi connectivity index (χ4n) is 1.17. The van der Waals surface area contributed by atoms with Crippen LogP contribution in [0, 0.1) is 6.92 Å². The van der Waals surface area contributed by atoms with Gasteiger partial charge in [-0.2, -0.15) is 0 Å². The predicted octanol–water partition coefficient (Wildman–Crippen LogP) is 1.89. The van der Waals surface area contributed by atoms with Gasteiger partial charge in [0, 0.05) is 12.3 Å². The normalized spacial score (nSPS) is 10.2. The maximum atomic E-state index is 11.7. The van der Waals surface area contributed by atoms with Crippen LogP contribution in [0.3, 0.4) is 0 Å². The number of nitrogens with zero attached hydrogens (tertiary/aromatic N) is 2. The van der Waals surface area contributed by atoms with Gasteiger partial charge >= 0.3 is 0 Å². The minimum Gasteiger partial charge on any atom is -0.361 e. The Hall–Kier alpha value is -2.02. The topological polar surface area (TPSA) is 85.1 Å². The van der Waals surface area contributed by atoms with E-state index in [9.17, 15) is 9.59 Å². The molecule has 1 N–H and O–H groups in total. The zero-order chi connectivity index (χ0) is 12.4. The Morgan fingerprint density at radius 2 is 2.24 bits per heavy atom. The molecule has 2 heterocycles. The number of aromatic nitrogens is 2. The number of rotatable bonds is 3. The fraction of sp³-hybridized carbons (Fsp3) is 0.200. The van der Waals surface area contributed by atoms with Crippen LogP contribution >= 0.6 is 11.3 Å². The molecule has 17 heavy (non-hydrogen) atoms. The Kier molecular flexibility index (Phi) is 3.01. The summed E-state index contributed by atoms with van der Waals surface area (Å²) >= 11 is 1.19. The van der Waals surface area contributed by atoms with E-state index in [1.807, 2.05) is 0 Å². The van der Waals surface area contributed by atoms with E-state index in [1.54, 1.807) is 12.3 Å². The molecule has 1 amide bonds. The molecule has 0 aromatic carbocycles. The largest absolute Gasteiger partial charge is 0.361 e. The van der Waals surface area contributed by atoms with Crippen LogP contribution in [0.5, 0.6) is 0 Å². The molecule has 7 heteroatoms. The number of aryl methyl sites for hydroxylation is 1. The van der Waals surface area contributed by atoms with Crippen LogP contribution in [0.15, 0.2) is 16.1 Å². The SMILES string of the molecule is CC(=O)c1csc(NC(=O)c2cnoc2C)n1. The zero-order valence-electron chi connectivity index (χ0n) is 9.18. The van der Waals surface area contributed by atoms with Gasteiger partial charge in [-0.1, -0.05) is 5.16 Å². The zero-order valence-corrected chi connectivity index (χ0v) is 10.00. The van der Waals surface area contributed by atoms with Crippen molar-refractivity contribution >= 4 is 28.2 Å². The summed E-state index contributed by atoms with van der Waals surface area (Å²) in [6.45, 7) is 3.07. The van der Waals surface area contributed by atoms with Gasteiger partial charge in [0.15, 0.2) is 10.9 Å². The van der Waals surface area contributed by atoms with Crippen molar-refractivity contribution in [3.8, 4) is 0 Å². The molecule has 0 aliphatic heterocycles. The summed E-state index contributed by atoms with van der Waals surface area (Å²) in [6.07, 6.45) is 1.34. The number of hydrogen-bond acceptors (Lipinski definition) is 6. The molecule has 0 saturated carbocycles. The Balaban J connectivity index is 2.13. The van der Waals surface area contributed by atoms with Gasteiger partial charge in [0.2, 0.25) is 0 Å². The van der Waals surface area contributed by atoms with Gasteiger partial charge in [-0.15, -0.1) is 11.3 Å². The first-order valence-electron chi connectivity index (χ1n) is 4.77. The number of hydrogen-bond donors (Lipinski definition) is 1. The van der Waals surface area contributed by atoms with E-state index in [-0.39, 0.29) is 11.7 Å². The van der Waals surface area contributed by atoms with Crippen LogP contribution in [0.2, 0.25) is 0 Å². The summed E-state index contributed by atoms with van der Waals surface area (Å²) < 4.78 is 4.78. The van der Waals surface area contributed by atoms with E-state index in [0.29, 0.717) is 22.1 Å². The molecular formula is C10H9N3O3S. The van der Waals surface area contributed by atoms with Gasteiger partial charge in [0.1, 0.15) is 17.0 Å². The molecule has 0 aliphatic rings. The van der Waals surface area contributed by atoms with Gasteiger partial charge in [0.05, 0.1) is 6.20 Å². The lowest BCUT2D eigenvalue weighted by Gasteiger charge is -1.98. The molecule has 2 rings (SSSR count). The molecule has 0 radical (unpaired) electrons. The van der Waals surface area contributed by atoms with Gasteiger partial charge in [0.25, 0.3) is 5.91 Å². The van der Waals surface area contributed by atoms with Crippen LogP contribution in [0.1, 0.15) is 33.5 Å². The third-order valence-corrected chi connectivity index (χ3v) is 2.84. The second-order valence-corrected chi connectivity index (χ2v) is 4.20. The van der Waals surface area contributed by atoms with Crippen LogP contribution < -0.4 is 5.32 Å². The number of carbonyl (C=O) groups excluding carboxylic acids is 2. The molecule has 0 spiro atoms. The Bertz CT molecular complexity index is 573. The molecule has 88 valence electrons. The number of ketones is 1. The van der Waals surface area contributed by atoms with E-state index < -0.39 is 0 Å². The van der Waals surface area contributed by atoms with E-state index in [4.69, 9.17) is 4.52 Å². The average molecular weight is 251 g/mol. The number of carbonyl (C=O) groups is 2. The van der Waals surface area contributed by atoms with Crippen molar-refractivity contribution in [3.63, 3.8) is 0 Å². The van der Waals surface area contributed by atoms with Crippen LogP contribution in [0.4, 0.5) is 5.13 Å². The van der Waals surface area contributed by atoms with Crippen molar-refractivity contribution in [1.29, 1.82) is 0 Å². The van der Waals surface area contributed by atoms with Gasteiger partial charge in [-0.25, -0.2) is 4.98 Å². The van der Waals surface area contributed by atoms with E-state index >= 15 is 0 Å². The Morgan fingerprint density at radius 3 is 2.76 bits per heavy atom. The molecule has 6 nitrogen and oxygen atoms in total. The summed E-state index contributed by atoms with van der Waals surface area (Å²) in [5.41, 5.74) is 0.692.